The van der Waals surface area contributed by atoms with Crippen molar-refractivity contribution in [2.45, 2.75) is 83.6 Å². The predicted molar refractivity (Wildman–Crippen MR) is 132 cm³/mol. The van der Waals surface area contributed by atoms with E-state index in [1.165, 1.54) is 0 Å². The first-order chi connectivity index (χ1) is 17.2. The first kappa shape index (κ1) is 31.8. The second kappa shape index (κ2) is 15.1. The largest absolute Gasteiger partial charge is 0.480 e. The Bertz CT molecular complexity index is 849. The molecule has 1 aliphatic heterocycles. The normalized spacial score (nSPS) is 19.5. The van der Waals surface area contributed by atoms with Crippen LogP contribution in [0.1, 0.15) is 53.4 Å². The Labute approximate surface area is 215 Å². The molecule has 0 aromatic heterocycles. The fourth-order valence-electron chi connectivity index (χ4n) is 3.75. The number of carboxylic acids is 1. The number of hydrogen-bond acceptors (Lipinski definition) is 8. The van der Waals surface area contributed by atoms with Crippen LogP contribution in [-0.2, 0) is 28.8 Å². The molecule has 0 unspecified atom stereocenters. The summed E-state index contributed by atoms with van der Waals surface area (Å²) in [6.45, 7) is 6.70. The number of carboxylic acid groups (broad SMARTS) is 1. The highest BCUT2D eigenvalue weighted by Gasteiger charge is 2.32. The minimum atomic E-state index is -1.24. The van der Waals surface area contributed by atoms with Gasteiger partial charge in [0.2, 0.25) is 29.5 Å². The van der Waals surface area contributed by atoms with E-state index in [1.54, 1.807) is 13.8 Å². The zero-order chi connectivity index (χ0) is 28.3. The Hall–Kier alpha value is -3.26. The van der Waals surface area contributed by atoms with Crippen LogP contribution >= 0.6 is 0 Å². The molecule has 9 N–H and O–H groups in total. The van der Waals surface area contributed by atoms with Crippen molar-refractivity contribution < 1.29 is 39.0 Å². The molecule has 1 rings (SSSR count). The van der Waals surface area contributed by atoms with Crippen molar-refractivity contribution in [3.63, 3.8) is 0 Å². The van der Waals surface area contributed by atoms with E-state index in [0.717, 1.165) is 0 Å². The highest BCUT2D eigenvalue weighted by atomic mass is 16.4. The molecular weight excluding hydrogens is 488 g/mol. The van der Waals surface area contributed by atoms with Crippen LogP contribution in [0.15, 0.2) is 0 Å². The molecule has 1 aliphatic rings. The van der Waals surface area contributed by atoms with Gasteiger partial charge in [-0.1, -0.05) is 27.7 Å². The fourth-order valence-corrected chi connectivity index (χ4v) is 3.75. The minimum absolute atomic E-state index is 0.0463. The Morgan fingerprint density at radius 3 is 2.08 bits per heavy atom. The molecule has 0 aliphatic carbocycles. The third kappa shape index (κ3) is 11.6. The average molecular weight is 529 g/mol. The predicted octanol–water partition coefficient (Wildman–Crippen LogP) is -2.67. The summed E-state index contributed by atoms with van der Waals surface area (Å²) in [4.78, 5) is 73.3. The lowest BCUT2D eigenvalue weighted by atomic mass is 10.00. The van der Waals surface area contributed by atoms with Crippen LogP contribution in [0.5, 0.6) is 0 Å². The lowest BCUT2D eigenvalue weighted by Crippen LogP contribution is -2.57. The van der Waals surface area contributed by atoms with Gasteiger partial charge >= 0.3 is 5.97 Å². The quantitative estimate of drug-likeness (QED) is 0.111. The maximum Gasteiger partial charge on any atom is 0.326 e. The number of primary amides is 1. The first-order valence-corrected chi connectivity index (χ1v) is 12.3. The fraction of sp³-hybridized carbons (Fsp3) is 0.739. The topological polar surface area (TPSA) is 229 Å². The molecule has 210 valence electrons. The number of carbonyl (C=O) groups is 6. The number of aliphatic hydroxyl groups is 1. The van der Waals surface area contributed by atoms with Crippen molar-refractivity contribution in [1.82, 2.24) is 26.6 Å². The van der Waals surface area contributed by atoms with Crippen LogP contribution in [0.3, 0.4) is 0 Å². The second-order valence-corrected chi connectivity index (χ2v) is 9.95. The number of amides is 5. The summed E-state index contributed by atoms with van der Waals surface area (Å²) in [5, 5.41) is 31.5. The number of nitrogens with two attached hydrogens (primary N) is 1. The number of aliphatic carboxylic acids is 1. The number of β-amino-alcohol motifs (C(OH)–C–C–N with tert-alkyl or cyclic N) is 1. The molecule has 37 heavy (non-hydrogen) atoms. The van der Waals surface area contributed by atoms with Gasteiger partial charge in [-0.05, 0) is 31.1 Å². The molecule has 0 spiro atoms. The highest BCUT2D eigenvalue weighted by Crippen LogP contribution is 2.09. The zero-order valence-electron chi connectivity index (χ0n) is 21.7. The van der Waals surface area contributed by atoms with Gasteiger partial charge in [-0.2, -0.15) is 0 Å². The molecule has 1 saturated heterocycles. The van der Waals surface area contributed by atoms with E-state index >= 15 is 0 Å². The lowest BCUT2D eigenvalue weighted by Gasteiger charge is -2.26. The van der Waals surface area contributed by atoms with Gasteiger partial charge in [-0.25, -0.2) is 4.79 Å². The second-order valence-electron chi connectivity index (χ2n) is 9.95. The third-order valence-corrected chi connectivity index (χ3v) is 5.75. The lowest BCUT2D eigenvalue weighted by molar-refractivity contribution is -0.143. The molecule has 1 fully saturated rings. The van der Waals surface area contributed by atoms with Crippen LogP contribution < -0.4 is 32.3 Å². The molecule has 14 heteroatoms. The molecule has 1 heterocycles. The Kier molecular flexibility index (Phi) is 13.0. The van der Waals surface area contributed by atoms with Crippen molar-refractivity contribution in [1.29, 1.82) is 0 Å². The van der Waals surface area contributed by atoms with Crippen molar-refractivity contribution in [2.75, 3.05) is 13.1 Å². The van der Waals surface area contributed by atoms with E-state index in [0.29, 0.717) is 0 Å². The minimum Gasteiger partial charge on any atom is -0.480 e. The smallest absolute Gasteiger partial charge is 0.326 e. The monoisotopic (exact) mass is 528 g/mol. The summed E-state index contributed by atoms with van der Waals surface area (Å²) in [5.41, 5.74) is 5.19. The van der Waals surface area contributed by atoms with Gasteiger partial charge in [0.25, 0.3) is 0 Å². The van der Waals surface area contributed by atoms with Crippen LogP contribution in [0.2, 0.25) is 0 Å². The van der Waals surface area contributed by atoms with E-state index < -0.39 is 78.2 Å². The Morgan fingerprint density at radius 2 is 1.59 bits per heavy atom. The zero-order valence-corrected chi connectivity index (χ0v) is 21.7. The summed E-state index contributed by atoms with van der Waals surface area (Å²) < 4.78 is 0. The van der Waals surface area contributed by atoms with Crippen molar-refractivity contribution >= 4 is 35.5 Å². The van der Waals surface area contributed by atoms with Crippen molar-refractivity contribution in [3.05, 3.63) is 0 Å². The van der Waals surface area contributed by atoms with Crippen LogP contribution in [0.4, 0.5) is 0 Å². The summed E-state index contributed by atoms with van der Waals surface area (Å²) in [7, 11) is 0. The maximum atomic E-state index is 13.0. The molecule has 14 nitrogen and oxygen atoms in total. The molecular formula is C23H40N6O8. The molecule has 0 aromatic rings. The number of hydrogen-bond donors (Lipinski definition) is 8. The summed E-state index contributed by atoms with van der Waals surface area (Å²) in [6, 6.07) is -4.15. The number of nitrogens with one attached hydrogen (secondary N) is 5. The van der Waals surface area contributed by atoms with E-state index in [4.69, 9.17) is 5.73 Å². The third-order valence-electron chi connectivity index (χ3n) is 5.75. The van der Waals surface area contributed by atoms with Gasteiger partial charge in [-0.3, -0.25) is 24.0 Å². The van der Waals surface area contributed by atoms with Gasteiger partial charge in [0.15, 0.2) is 0 Å². The summed E-state index contributed by atoms with van der Waals surface area (Å²) in [5.74, 6) is -5.03. The van der Waals surface area contributed by atoms with Gasteiger partial charge < -0.3 is 42.5 Å². The summed E-state index contributed by atoms with van der Waals surface area (Å²) in [6.07, 6.45) is -0.653. The Balaban J connectivity index is 2.87. The molecule has 0 radical (unpaired) electrons. The molecule has 0 saturated carbocycles. The van der Waals surface area contributed by atoms with Crippen LogP contribution in [0.25, 0.3) is 0 Å². The van der Waals surface area contributed by atoms with Crippen LogP contribution in [0, 0.1) is 11.8 Å². The van der Waals surface area contributed by atoms with Gasteiger partial charge in [0.05, 0.1) is 18.7 Å². The van der Waals surface area contributed by atoms with Gasteiger partial charge in [-0.15, -0.1) is 0 Å². The van der Waals surface area contributed by atoms with E-state index in [9.17, 15) is 39.0 Å². The first-order valence-electron chi connectivity index (χ1n) is 12.3. The van der Waals surface area contributed by atoms with Crippen molar-refractivity contribution in [3.8, 4) is 0 Å². The highest BCUT2D eigenvalue weighted by molar-refractivity contribution is 5.94. The molecule has 0 bridgehead atoms. The Morgan fingerprint density at radius 1 is 0.973 bits per heavy atom. The van der Waals surface area contributed by atoms with Gasteiger partial charge in [0, 0.05) is 13.0 Å². The van der Waals surface area contributed by atoms with Gasteiger partial charge in [0.1, 0.15) is 18.1 Å². The number of rotatable bonds is 15. The summed E-state index contributed by atoms with van der Waals surface area (Å²) >= 11 is 0. The SMILES string of the molecule is CC(C)C[C@H](NC(=O)[C@H](CCC(N)=O)NC(=O)CNC(=O)[C@@H]1C[C@@H](O)CN1)C(=O)N[C@H](C(=O)O)C(C)C. The maximum absolute atomic E-state index is 13.0. The van der Waals surface area contributed by atoms with E-state index in [1.807, 2.05) is 13.8 Å². The average Bonchev–Trinajstić information content (AvgIpc) is 3.23. The molecule has 0 aromatic carbocycles. The standard InChI is InChI=1S/C23H40N6O8/c1-11(2)7-16(22(35)29-19(12(3)4)23(36)37)28-21(34)14(5-6-17(24)31)27-18(32)10-26-20(33)15-8-13(30)9-25-15/h11-16,19,25,30H,5-10H2,1-4H3,(H2,24,31)(H,26,33)(H,27,32)(H,28,34)(H,29,35)(H,36,37)/t13-,14+,15+,16+,19+/m1/s1. The number of carbonyl (C=O) groups excluding carboxylic acids is 5. The van der Waals surface area contributed by atoms with Crippen molar-refractivity contribution in [2.24, 2.45) is 17.6 Å². The van der Waals surface area contributed by atoms with Crippen LogP contribution in [-0.4, -0.2) is 89.1 Å². The number of aliphatic hydroxyl groups excluding tert-OH is 1. The molecule has 5 amide bonds. The molecule has 5 atom stereocenters. The van der Waals surface area contributed by atoms with E-state index in [-0.39, 0.29) is 38.1 Å². The van der Waals surface area contributed by atoms with E-state index in [2.05, 4.69) is 26.6 Å².